The summed E-state index contributed by atoms with van der Waals surface area (Å²) in [6, 6.07) is 0. The van der Waals surface area contributed by atoms with Gasteiger partial charge in [0.1, 0.15) is 0 Å². The molecule has 2 atom stereocenters. The van der Waals surface area contributed by atoms with Crippen LogP contribution in [0.15, 0.2) is 11.6 Å². The van der Waals surface area contributed by atoms with Crippen molar-refractivity contribution in [3.8, 4) is 0 Å². The summed E-state index contributed by atoms with van der Waals surface area (Å²) in [6.07, 6.45) is 7.11. The number of ether oxygens (including phenoxy) is 1. The lowest BCUT2D eigenvalue weighted by Gasteiger charge is -2.30. The first-order valence-electron chi connectivity index (χ1n) is 4.95. The van der Waals surface area contributed by atoms with Crippen LogP contribution in [-0.4, -0.2) is 19.3 Å². The third kappa shape index (κ3) is 3.67. The Bertz CT molecular complexity index is 161. The SMILES string of the molecule is NCC1CCCCC1OCC=CCl. The highest BCUT2D eigenvalue weighted by Crippen LogP contribution is 2.25. The molecule has 1 aliphatic carbocycles. The van der Waals surface area contributed by atoms with Crippen molar-refractivity contribution in [1.29, 1.82) is 0 Å². The van der Waals surface area contributed by atoms with Crippen LogP contribution in [-0.2, 0) is 4.74 Å². The van der Waals surface area contributed by atoms with E-state index in [1.807, 2.05) is 6.08 Å². The Hall–Kier alpha value is -0.0500. The summed E-state index contributed by atoms with van der Waals surface area (Å²) >= 11 is 5.40. The van der Waals surface area contributed by atoms with Crippen molar-refractivity contribution in [1.82, 2.24) is 0 Å². The highest BCUT2D eigenvalue weighted by Gasteiger charge is 2.23. The molecule has 0 aliphatic heterocycles. The van der Waals surface area contributed by atoms with E-state index >= 15 is 0 Å². The van der Waals surface area contributed by atoms with Crippen LogP contribution < -0.4 is 5.73 Å². The van der Waals surface area contributed by atoms with Crippen molar-refractivity contribution in [3.63, 3.8) is 0 Å². The third-order valence-corrected chi connectivity index (χ3v) is 2.82. The molecule has 0 amide bonds. The van der Waals surface area contributed by atoms with Crippen LogP contribution in [0.1, 0.15) is 25.7 Å². The minimum absolute atomic E-state index is 0.353. The van der Waals surface area contributed by atoms with Crippen LogP contribution in [0.3, 0.4) is 0 Å². The molecule has 2 unspecified atom stereocenters. The normalized spacial score (nSPS) is 29.7. The fourth-order valence-corrected chi connectivity index (χ4v) is 1.95. The quantitative estimate of drug-likeness (QED) is 0.761. The molecule has 0 aromatic heterocycles. The number of hydrogen-bond donors (Lipinski definition) is 1. The maximum atomic E-state index is 5.68. The summed E-state index contributed by atoms with van der Waals surface area (Å²) in [6.45, 7) is 1.36. The highest BCUT2D eigenvalue weighted by atomic mass is 35.5. The zero-order chi connectivity index (χ0) is 9.52. The van der Waals surface area contributed by atoms with Gasteiger partial charge in [0.15, 0.2) is 0 Å². The van der Waals surface area contributed by atoms with Crippen LogP contribution in [0.25, 0.3) is 0 Å². The minimum atomic E-state index is 0.353. The molecule has 0 aromatic carbocycles. The summed E-state index contributed by atoms with van der Waals surface area (Å²) in [5.41, 5.74) is 7.17. The van der Waals surface area contributed by atoms with Crippen LogP contribution in [0.5, 0.6) is 0 Å². The standard InChI is InChI=1S/C10H18ClNO/c11-6-3-7-13-10-5-2-1-4-9(10)8-12/h3,6,9-10H,1-2,4-5,7-8,12H2. The molecule has 0 spiro atoms. The Morgan fingerprint density at radius 1 is 1.38 bits per heavy atom. The molecule has 0 aromatic rings. The number of hydrogen-bond acceptors (Lipinski definition) is 2. The molecule has 13 heavy (non-hydrogen) atoms. The number of nitrogens with two attached hydrogens (primary N) is 1. The van der Waals surface area contributed by atoms with Gasteiger partial charge in [-0.2, -0.15) is 0 Å². The highest BCUT2D eigenvalue weighted by molar-refractivity contribution is 6.25. The number of rotatable bonds is 4. The first kappa shape index (κ1) is 11.0. The first-order valence-corrected chi connectivity index (χ1v) is 5.39. The monoisotopic (exact) mass is 203 g/mol. The molecule has 1 fully saturated rings. The van der Waals surface area contributed by atoms with E-state index < -0.39 is 0 Å². The molecule has 0 heterocycles. The maximum Gasteiger partial charge on any atom is 0.0662 e. The smallest absolute Gasteiger partial charge is 0.0662 e. The summed E-state index contributed by atoms with van der Waals surface area (Å²) in [7, 11) is 0. The van der Waals surface area contributed by atoms with Crippen LogP contribution in [0.4, 0.5) is 0 Å². The average molecular weight is 204 g/mol. The lowest BCUT2D eigenvalue weighted by atomic mass is 9.86. The summed E-state index contributed by atoms with van der Waals surface area (Å²) in [5, 5.41) is 0. The van der Waals surface area contributed by atoms with Crippen molar-refractivity contribution in [3.05, 3.63) is 11.6 Å². The summed E-state index contributed by atoms with van der Waals surface area (Å²) in [5.74, 6) is 0.553. The molecule has 1 rings (SSSR count). The van der Waals surface area contributed by atoms with Gasteiger partial charge in [0.2, 0.25) is 0 Å². The van der Waals surface area contributed by atoms with E-state index in [0.29, 0.717) is 18.6 Å². The topological polar surface area (TPSA) is 35.2 Å². The molecule has 0 bridgehead atoms. The van der Waals surface area contributed by atoms with Gasteiger partial charge in [0.25, 0.3) is 0 Å². The van der Waals surface area contributed by atoms with E-state index in [-0.39, 0.29) is 0 Å². The Labute approximate surface area is 85.1 Å². The van der Waals surface area contributed by atoms with E-state index in [1.165, 1.54) is 24.8 Å². The van der Waals surface area contributed by atoms with Crippen LogP contribution in [0, 0.1) is 5.92 Å². The van der Waals surface area contributed by atoms with Gasteiger partial charge in [-0.3, -0.25) is 0 Å². The van der Waals surface area contributed by atoms with Crippen LogP contribution in [0.2, 0.25) is 0 Å². The zero-order valence-electron chi connectivity index (χ0n) is 7.92. The second-order valence-electron chi connectivity index (χ2n) is 3.51. The van der Waals surface area contributed by atoms with Crippen molar-refractivity contribution in [2.24, 2.45) is 11.7 Å². The molecule has 76 valence electrons. The van der Waals surface area contributed by atoms with E-state index in [4.69, 9.17) is 22.1 Å². The minimum Gasteiger partial charge on any atom is -0.374 e. The second-order valence-corrected chi connectivity index (χ2v) is 3.77. The van der Waals surface area contributed by atoms with Gasteiger partial charge in [-0.15, -0.1) is 0 Å². The molecule has 2 N–H and O–H groups in total. The van der Waals surface area contributed by atoms with Gasteiger partial charge < -0.3 is 10.5 Å². The molecular weight excluding hydrogens is 186 g/mol. The maximum absolute atomic E-state index is 5.68. The summed E-state index contributed by atoms with van der Waals surface area (Å²) < 4.78 is 5.68. The fraction of sp³-hybridized carbons (Fsp3) is 0.800. The second kappa shape index (κ2) is 6.41. The Balaban J connectivity index is 2.27. The van der Waals surface area contributed by atoms with Crippen LogP contribution >= 0.6 is 11.6 Å². The molecular formula is C10H18ClNO. The molecule has 1 saturated carbocycles. The Morgan fingerprint density at radius 2 is 2.15 bits per heavy atom. The van der Waals surface area contributed by atoms with Gasteiger partial charge in [-0.1, -0.05) is 24.4 Å². The van der Waals surface area contributed by atoms with Gasteiger partial charge >= 0.3 is 0 Å². The molecule has 0 saturated heterocycles. The predicted octanol–water partition coefficient (Wildman–Crippen LogP) is 2.27. The molecule has 2 nitrogen and oxygen atoms in total. The van der Waals surface area contributed by atoms with Gasteiger partial charge in [0.05, 0.1) is 12.7 Å². The fourth-order valence-electron chi connectivity index (χ4n) is 1.88. The van der Waals surface area contributed by atoms with Gasteiger partial charge in [0, 0.05) is 5.54 Å². The Kier molecular flexibility index (Phi) is 5.44. The van der Waals surface area contributed by atoms with E-state index in [2.05, 4.69) is 0 Å². The van der Waals surface area contributed by atoms with Gasteiger partial charge in [-0.05, 0) is 31.4 Å². The summed E-state index contributed by atoms with van der Waals surface area (Å²) in [4.78, 5) is 0. The lowest BCUT2D eigenvalue weighted by Crippen LogP contribution is -2.33. The Morgan fingerprint density at radius 3 is 2.85 bits per heavy atom. The number of halogens is 1. The van der Waals surface area contributed by atoms with Crippen molar-refractivity contribution in [2.45, 2.75) is 31.8 Å². The van der Waals surface area contributed by atoms with E-state index in [0.717, 1.165) is 13.0 Å². The molecule has 1 aliphatic rings. The lowest BCUT2D eigenvalue weighted by molar-refractivity contribution is 0.00704. The van der Waals surface area contributed by atoms with Crippen molar-refractivity contribution in [2.75, 3.05) is 13.2 Å². The first-order chi connectivity index (χ1) is 6.38. The van der Waals surface area contributed by atoms with Crippen molar-refractivity contribution < 1.29 is 4.74 Å². The van der Waals surface area contributed by atoms with Gasteiger partial charge in [-0.25, -0.2) is 0 Å². The molecule has 3 heteroatoms. The molecule has 0 radical (unpaired) electrons. The average Bonchev–Trinajstić information content (AvgIpc) is 2.19. The zero-order valence-corrected chi connectivity index (χ0v) is 8.67. The van der Waals surface area contributed by atoms with E-state index in [1.54, 1.807) is 0 Å². The third-order valence-electron chi connectivity index (χ3n) is 2.64. The largest absolute Gasteiger partial charge is 0.374 e. The van der Waals surface area contributed by atoms with E-state index in [9.17, 15) is 0 Å². The van der Waals surface area contributed by atoms with Crippen molar-refractivity contribution >= 4 is 11.6 Å². The predicted molar refractivity (Wildman–Crippen MR) is 55.7 cm³/mol.